The average molecular weight is 233 g/mol. The Morgan fingerprint density at radius 3 is 2.88 bits per heavy atom. The Hall–Kier alpha value is -1.62. The highest BCUT2D eigenvalue weighted by Crippen LogP contribution is 2.22. The van der Waals surface area contributed by atoms with Crippen molar-refractivity contribution in [2.24, 2.45) is 0 Å². The van der Waals surface area contributed by atoms with Gasteiger partial charge in [0.2, 0.25) is 5.78 Å². The zero-order valence-electron chi connectivity index (χ0n) is 9.04. The molecular weight excluding hydrogens is 222 g/mol. The lowest BCUT2D eigenvalue weighted by molar-refractivity contribution is 0.104. The van der Waals surface area contributed by atoms with Gasteiger partial charge in [-0.15, -0.1) is 5.10 Å². The highest BCUT2D eigenvalue weighted by Gasteiger charge is 2.19. The van der Waals surface area contributed by atoms with E-state index in [2.05, 4.69) is 14.6 Å². The second-order valence-corrected chi connectivity index (χ2v) is 4.47. The minimum atomic E-state index is -0.0493. The van der Waals surface area contributed by atoms with Crippen LogP contribution in [0.4, 0.5) is 0 Å². The van der Waals surface area contributed by atoms with Crippen molar-refractivity contribution in [3.05, 3.63) is 40.7 Å². The average Bonchev–Trinajstić information content (AvgIpc) is 2.78. The molecule has 16 heavy (non-hydrogen) atoms. The van der Waals surface area contributed by atoms with Gasteiger partial charge in [0.1, 0.15) is 4.88 Å². The number of rotatable bonds is 3. The van der Waals surface area contributed by atoms with E-state index in [1.165, 1.54) is 0 Å². The molecule has 82 valence electrons. The molecule has 2 rings (SSSR count). The van der Waals surface area contributed by atoms with Gasteiger partial charge in [0.05, 0.1) is 5.69 Å². The molecule has 5 heteroatoms. The Morgan fingerprint density at radius 1 is 1.44 bits per heavy atom. The van der Waals surface area contributed by atoms with Crippen LogP contribution in [0.25, 0.3) is 0 Å². The predicted octanol–water partition coefficient (Wildman–Crippen LogP) is 2.29. The fraction of sp³-hybridized carbons (Fsp3) is 0.273. The summed E-state index contributed by atoms with van der Waals surface area (Å²) in [6, 6.07) is 3.50. The Kier molecular flexibility index (Phi) is 3.05. The first-order valence-corrected chi connectivity index (χ1v) is 5.74. The summed E-state index contributed by atoms with van der Waals surface area (Å²) in [5, 5.41) is 3.99. The van der Waals surface area contributed by atoms with Gasteiger partial charge >= 0.3 is 0 Å². The predicted molar refractivity (Wildman–Crippen MR) is 61.7 cm³/mol. The van der Waals surface area contributed by atoms with Crippen LogP contribution in [-0.4, -0.2) is 20.4 Å². The van der Waals surface area contributed by atoms with Crippen molar-refractivity contribution in [1.82, 2.24) is 14.6 Å². The first kappa shape index (κ1) is 10.9. The number of hydrogen-bond donors (Lipinski definition) is 0. The maximum Gasteiger partial charge on any atom is 0.208 e. The van der Waals surface area contributed by atoms with Crippen LogP contribution in [0.1, 0.15) is 40.7 Å². The summed E-state index contributed by atoms with van der Waals surface area (Å²) in [5.74, 6) is 0.154. The van der Waals surface area contributed by atoms with Crippen molar-refractivity contribution in [2.45, 2.75) is 19.8 Å². The van der Waals surface area contributed by atoms with Gasteiger partial charge in [0, 0.05) is 18.0 Å². The summed E-state index contributed by atoms with van der Waals surface area (Å²) in [7, 11) is 0. The van der Waals surface area contributed by atoms with Gasteiger partial charge in [-0.25, -0.2) is 0 Å². The molecule has 4 nitrogen and oxygen atoms in total. The molecule has 0 atom stereocenters. The minimum Gasteiger partial charge on any atom is -0.287 e. The second kappa shape index (κ2) is 4.49. The van der Waals surface area contributed by atoms with Crippen LogP contribution >= 0.6 is 11.5 Å². The highest BCUT2D eigenvalue weighted by molar-refractivity contribution is 7.08. The summed E-state index contributed by atoms with van der Waals surface area (Å²) in [5.41, 5.74) is 1.34. The number of carbonyl (C=O) groups is 1. The van der Waals surface area contributed by atoms with E-state index >= 15 is 0 Å². The Morgan fingerprint density at radius 2 is 2.25 bits per heavy atom. The molecule has 0 radical (unpaired) electrons. The zero-order valence-corrected chi connectivity index (χ0v) is 9.86. The van der Waals surface area contributed by atoms with Gasteiger partial charge in [0.25, 0.3) is 0 Å². The number of ketones is 1. The summed E-state index contributed by atoms with van der Waals surface area (Å²) in [6.45, 7) is 3.99. The molecule has 2 aromatic rings. The van der Waals surface area contributed by atoms with Gasteiger partial charge < -0.3 is 0 Å². The van der Waals surface area contributed by atoms with E-state index in [9.17, 15) is 4.79 Å². The lowest BCUT2D eigenvalue weighted by atomic mass is 10.1. The molecule has 0 N–H and O–H groups in total. The summed E-state index contributed by atoms with van der Waals surface area (Å²) < 4.78 is 3.84. The number of pyridine rings is 1. The van der Waals surface area contributed by atoms with Crippen LogP contribution in [0.2, 0.25) is 0 Å². The lowest BCUT2D eigenvalue weighted by Gasteiger charge is -2.02. The molecule has 0 fully saturated rings. The van der Waals surface area contributed by atoms with Crippen molar-refractivity contribution in [2.75, 3.05) is 0 Å². The van der Waals surface area contributed by atoms with Crippen LogP contribution < -0.4 is 0 Å². The smallest absolute Gasteiger partial charge is 0.208 e. The van der Waals surface area contributed by atoms with E-state index in [4.69, 9.17) is 0 Å². The van der Waals surface area contributed by atoms with E-state index < -0.39 is 0 Å². The van der Waals surface area contributed by atoms with Crippen molar-refractivity contribution in [3.63, 3.8) is 0 Å². The van der Waals surface area contributed by atoms with E-state index in [-0.39, 0.29) is 11.7 Å². The third kappa shape index (κ3) is 1.99. The van der Waals surface area contributed by atoms with Gasteiger partial charge in [-0.2, -0.15) is 0 Å². The quantitative estimate of drug-likeness (QED) is 0.763. The molecule has 2 heterocycles. The molecule has 0 aromatic carbocycles. The molecule has 0 aliphatic heterocycles. The van der Waals surface area contributed by atoms with Crippen molar-refractivity contribution >= 4 is 17.3 Å². The molecule has 0 saturated carbocycles. The van der Waals surface area contributed by atoms with Crippen molar-refractivity contribution < 1.29 is 4.79 Å². The molecule has 0 bridgehead atoms. The Bertz CT molecular complexity index is 493. The normalized spacial score (nSPS) is 10.7. The van der Waals surface area contributed by atoms with E-state index in [0.717, 1.165) is 17.2 Å². The van der Waals surface area contributed by atoms with Crippen LogP contribution in [0.3, 0.4) is 0 Å². The summed E-state index contributed by atoms with van der Waals surface area (Å²) >= 11 is 1.14. The second-order valence-electron chi connectivity index (χ2n) is 3.71. The van der Waals surface area contributed by atoms with Crippen LogP contribution in [0.5, 0.6) is 0 Å². The van der Waals surface area contributed by atoms with Gasteiger partial charge in [-0.1, -0.05) is 18.3 Å². The van der Waals surface area contributed by atoms with Crippen LogP contribution in [-0.2, 0) is 0 Å². The zero-order chi connectivity index (χ0) is 11.5. The molecule has 0 spiro atoms. The topological polar surface area (TPSA) is 55.7 Å². The fourth-order valence-corrected chi connectivity index (χ4v) is 2.14. The lowest BCUT2D eigenvalue weighted by Crippen LogP contribution is -2.04. The Labute approximate surface area is 97.5 Å². The van der Waals surface area contributed by atoms with E-state index in [0.29, 0.717) is 10.4 Å². The number of carbonyl (C=O) groups excluding carboxylic acids is 1. The monoisotopic (exact) mass is 233 g/mol. The fourth-order valence-electron chi connectivity index (χ4n) is 1.36. The molecule has 2 aromatic heterocycles. The largest absolute Gasteiger partial charge is 0.287 e. The van der Waals surface area contributed by atoms with Gasteiger partial charge in [-0.3, -0.25) is 9.78 Å². The molecule has 0 aliphatic rings. The van der Waals surface area contributed by atoms with E-state index in [1.807, 2.05) is 13.8 Å². The van der Waals surface area contributed by atoms with Gasteiger partial charge in [0.15, 0.2) is 0 Å². The SMILES string of the molecule is CC(C)c1nnsc1C(=O)c1cccnc1. The molecular formula is C11H11N3OS. The molecule has 0 saturated heterocycles. The van der Waals surface area contributed by atoms with Crippen molar-refractivity contribution in [3.8, 4) is 0 Å². The van der Waals surface area contributed by atoms with Crippen molar-refractivity contribution in [1.29, 1.82) is 0 Å². The third-order valence-corrected chi connectivity index (χ3v) is 2.93. The molecule has 0 aliphatic carbocycles. The van der Waals surface area contributed by atoms with E-state index in [1.54, 1.807) is 24.5 Å². The summed E-state index contributed by atoms with van der Waals surface area (Å²) in [4.78, 5) is 16.7. The maximum atomic E-state index is 12.1. The molecule has 0 unspecified atom stereocenters. The standard InChI is InChI=1S/C11H11N3OS/c1-7(2)9-11(16-14-13-9)10(15)8-4-3-5-12-6-8/h3-7H,1-2H3. The first-order chi connectivity index (χ1) is 7.70. The van der Waals surface area contributed by atoms with Gasteiger partial charge in [-0.05, 0) is 29.6 Å². The summed E-state index contributed by atoms with van der Waals surface area (Å²) in [6.07, 6.45) is 3.21. The third-order valence-electron chi connectivity index (χ3n) is 2.19. The van der Waals surface area contributed by atoms with Crippen LogP contribution in [0, 0.1) is 0 Å². The number of nitrogens with zero attached hydrogens (tertiary/aromatic N) is 3. The Balaban J connectivity index is 2.39. The molecule has 0 amide bonds. The van der Waals surface area contributed by atoms with Crippen LogP contribution in [0.15, 0.2) is 24.5 Å². The maximum absolute atomic E-state index is 12.1. The number of hydrogen-bond acceptors (Lipinski definition) is 5. The number of aromatic nitrogens is 3. The highest BCUT2D eigenvalue weighted by atomic mass is 32.1. The first-order valence-electron chi connectivity index (χ1n) is 4.97. The minimum absolute atomic E-state index is 0.0493.